The molecule has 0 aromatic rings. The van der Waals surface area contributed by atoms with Crippen LogP contribution in [0.4, 0.5) is 0 Å². The smallest absolute Gasteiger partial charge is 0.220 e. The minimum absolute atomic E-state index is 0.130. The van der Waals surface area contributed by atoms with Crippen LogP contribution < -0.4 is 5.32 Å². The highest BCUT2D eigenvalue weighted by Gasteiger charge is 2.44. The molecule has 9 nitrogen and oxygen atoms in total. The fourth-order valence-corrected chi connectivity index (χ4v) is 13.2. The number of carbonyl (C=O) groups excluding carboxylic acids is 1. The second-order valence-electron chi connectivity index (χ2n) is 27.5. The summed E-state index contributed by atoms with van der Waals surface area (Å²) in [5.74, 6) is -0.132. The number of hydrogen-bond donors (Lipinski definition) is 6. The van der Waals surface area contributed by atoms with Crippen molar-refractivity contribution in [2.45, 2.75) is 468 Å². The summed E-state index contributed by atoms with van der Waals surface area (Å²) in [4.78, 5) is 13.2. The summed E-state index contributed by atoms with van der Waals surface area (Å²) in [6, 6.07) is -0.716. The number of aliphatic hydroxyl groups is 5. The van der Waals surface area contributed by atoms with Crippen molar-refractivity contribution in [2.24, 2.45) is 0 Å². The Hall–Kier alpha value is -0.810. The summed E-state index contributed by atoms with van der Waals surface area (Å²) in [6.07, 6.45) is 77.8. The van der Waals surface area contributed by atoms with E-state index in [0.717, 1.165) is 38.5 Å². The number of carbonyl (C=O) groups is 1. The summed E-state index contributed by atoms with van der Waals surface area (Å²) in [5, 5.41) is 55.1. The van der Waals surface area contributed by atoms with Gasteiger partial charge in [-0.1, -0.05) is 406 Å². The zero-order valence-electron chi connectivity index (χ0n) is 57.2. The highest BCUT2D eigenvalue weighted by Crippen LogP contribution is 2.24. The van der Waals surface area contributed by atoms with Gasteiger partial charge in [0.1, 0.15) is 24.4 Å². The fraction of sp³-hybridized carbons (Fsp3) is 0.987. The van der Waals surface area contributed by atoms with Gasteiger partial charge in [-0.25, -0.2) is 0 Å². The Kier molecular flexibility index (Phi) is 63.9. The molecule has 1 aliphatic heterocycles. The molecule has 1 amide bonds. The molecule has 7 atom stereocenters. The average Bonchev–Trinajstić information content (AvgIpc) is 3.54. The topological polar surface area (TPSA) is 149 Å². The number of ether oxygens (including phenoxy) is 2. The molecule has 9 heteroatoms. The Morgan fingerprint density at radius 2 is 0.588 bits per heavy atom. The maximum Gasteiger partial charge on any atom is 0.220 e. The van der Waals surface area contributed by atoms with Crippen LogP contribution in [0.3, 0.4) is 0 Å². The van der Waals surface area contributed by atoms with Gasteiger partial charge in [0.05, 0.1) is 25.4 Å². The van der Waals surface area contributed by atoms with Crippen LogP contribution in [0.2, 0.25) is 0 Å². The number of rotatable bonds is 70. The lowest BCUT2D eigenvalue weighted by atomic mass is 9.99. The van der Waals surface area contributed by atoms with Crippen molar-refractivity contribution in [1.82, 2.24) is 5.32 Å². The van der Waals surface area contributed by atoms with Gasteiger partial charge in [-0.15, -0.1) is 0 Å². The third kappa shape index (κ3) is 54.6. The maximum absolute atomic E-state index is 13.2. The van der Waals surface area contributed by atoms with E-state index in [2.05, 4.69) is 19.2 Å². The summed E-state index contributed by atoms with van der Waals surface area (Å²) in [5.41, 5.74) is 0. The van der Waals surface area contributed by atoms with E-state index in [1.807, 2.05) is 0 Å². The van der Waals surface area contributed by atoms with Crippen LogP contribution in [0.1, 0.15) is 425 Å². The number of nitrogens with one attached hydrogen (secondary N) is 1. The molecule has 0 aromatic heterocycles. The second kappa shape index (κ2) is 66.1. The zero-order valence-corrected chi connectivity index (χ0v) is 57.2. The minimum Gasteiger partial charge on any atom is -0.394 e. The Balaban J connectivity index is 2.05. The van der Waals surface area contributed by atoms with Crippen molar-refractivity contribution in [3.05, 3.63) is 0 Å². The predicted octanol–water partition coefficient (Wildman–Crippen LogP) is 21.7. The summed E-state index contributed by atoms with van der Waals surface area (Å²) < 4.78 is 11.4. The molecule has 1 aliphatic rings. The molecule has 7 unspecified atom stereocenters. The van der Waals surface area contributed by atoms with E-state index < -0.39 is 49.5 Å². The quantitative estimate of drug-likeness (QED) is 0.0330. The number of hydrogen-bond acceptors (Lipinski definition) is 8. The van der Waals surface area contributed by atoms with E-state index >= 15 is 0 Å². The Labute approximate surface area is 529 Å². The minimum atomic E-state index is -1.55. The molecule has 1 heterocycles. The summed E-state index contributed by atoms with van der Waals surface area (Å²) in [6.45, 7) is 3.92. The van der Waals surface area contributed by atoms with Crippen molar-refractivity contribution >= 4 is 5.91 Å². The number of aliphatic hydroxyl groups excluding tert-OH is 5. The Bertz CT molecular complexity index is 1300. The van der Waals surface area contributed by atoms with Gasteiger partial charge >= 0.3 is 0 Å². The van der Waals surface area contributed by atoms with E-state index in [9.17, 15) is 30.3 Å². The molecule has 0 spiro atoms. The van der Waals surface area contributed by atoms with Gasteiger partial charge in [0.15, 0.2) is 6.29 Å². The lowest BCUT2D eigenvalue weighted by Crippen LogP contribution is -2.60. The Morgan fingerprint density at radius 1 is 0.353 bits per heavy atom. The molecule has 0 aromatic carbocycles. The van der Waals surface area contributed by atoms with E-state index in [0.29, 0.717) is 12.8 Å². The first-order chi connectivity index (χ1) is 41.8. The molecule has 0 saturated carbocycles. The summed E-state index contributed by atoms with van der Waals surface area (Å²) in [7, 11) is 0. The molecule has 0 bridgehead atoms. The third-order valence-electron chi connectivity index (χ3n) is 19.2. The summed E-state index contributed by atoms with van der Waals surface area (Å²) >= 11 is 0. The van der Waals surface area contributed by atoms with Crippen LogP contribution in [0.25, 0.3) is 0 Å². The SMILES string of the molecule is CCCCCCCCCCCCCCCCCCCCCCCCCCCCCCCCCC(=O)NC(COC1OC(CO)C(O)C(O)C1O)C(O)CCCCCCCCCCCCCCCCCCCCCCCCCCCCCCCCC. The predicted molar refractivity (Wildman–Crippen MR) is 364 cm³/mol. The van der Waals surface area contributed by atoms with Crippen molar-refractivity contribution in [3.63, 3.8) is 0 Å². The van der Waals surface area contributed by atoms with Gasteiger partial charge in [0, 0.05) is 6.42 Å². The molecule has 1 saturated heterocycles. The monoisotopic (exact) mass is 1210 g/mol. The van der Waals surface area contributed by atoms with Crippen molar-refractivity contribution in [3.8, 4) is 0 Å². The first-order valence-electron chi connectivity index (χ1n) is 38.7. The molecular formula is C76H151NO8. The van der Waals surface area contributed by atoms with E-state index in [1.54, 1.807) is 0 Å². The largest absolute Gasteiger partial charge is 0.394 e. The Morgan fingerprint density at radius 3 is 0.835 bits per heavy atom. The highest BCUT2D eigenvalue weighted by atomic mass is 16.7. The van der Waals surface area contributed by atoms with E-state index in [-0.39, 0.29) is 12.5 Å². The van der Waals surface area contributed by atoms with Crippen LogP contribution in [0.5, 0.6) is 0 Å². The van der Waals surface area contributed by atoms with Gasteiger partial charge in [-0.05, 0) is 12.8 Å². The molecule has 1 rings (SSSR count). The van der Waals surface area contributed by atoms with Crippen LogP contribution in [-0.2, 0) is 14.3 Å². The number of unbranched alkanes of at least 4 members (excludes halogenated alkanes) is 60. The van der Waals surface area contributed by atoms with Crippen LogP contribution >= 0.6 is 0 Å². The van der Waals surface area contributed by atoms with Crippen LogP contribution in [-0.4, -0.2) is 87.5 Å². The molecule has 0 radical (unpaired) electrons. The average molecular weight is 1210 g/mol. The molecular weight excluding hydrogens is 1050 g/mol. The van der Waals surface area contributed by atoms with Crippen molar-refractivity contribution in [1.29, 1.82) is 0 Å². The fourth-order valence-electron chi connectivity index (χ4n) is 13.2. The van der Waals surface area contributed by atoms with E-state index in [1.165, 1.54) is 360 Å². The van der Waals surface area contributed by atoms with Gasteiger partial charge in [-0.2, -0.15) is 0 Å². The normalized spacial score (nSPS) is 17.9. The van der Waals surface area contributed by atoms with Crippen molar-refractivity contribution in [2.75, 3.05) is 13.2 Å². The lowest BCUT2D eigenvalue weighted by Gasteiger charge is -2.40. The number of amides is 1. The first kappa shape index (κ1) is 82.2. The maximum atomic E-state index is 13.2. The zero-order chi connectivity index (χ0) is 61.4. The van der Waals surface area contributed by atoms with Gasteiger partial charge in [0.25, 0.3) is 0 Å². The molecule has 508 valence electrons. The van der Waals surface area contributed by atoms with Crippen molar-refractivity contribution < 1.29 is 39.8 Å². The highest BCUT2D eigenvalue weighted by molar-refractivity contribution is 5.76. The van der Waals surface area contributed by atoms with Gasteiger partial charge in [-0.3, -0.25) is 4.79 Å². The standard InChI is InChI=1S/C76H151NO8/c1-3-5-7-9-11-13-15-17-19-21-23-25-27-29-31-33-35-37-39-41-43-45-47-49-51-53-55-57-59-61-63-65-70(79)69(68-84-76-75(83)74(82)73(81)71(67-78)85-76)77-72(80)66-64-62-60-58-56-54-52-50-48-46-44-42-40-38-36-34-32-30-28-26-24-22-20-18-16-14-12-10-8-6-4-2/h69-71,73-76,78-79,81-83H,3-68H2,1-2H3,(H,77,80). The second-order valence-corrected chi connectivity index (χ2v) is 27.5. The molecule has 1 fully saturated rings. The van der Waals surface area contributed by atoms with Crippen LogP contribution in [0, 0.1) is 0 Å². The molecule has 6 N–H and O–H groups in total. The first-order valence-corrected chi connectivity index (χ1v) is 38.7. The van der Waals surface area contributed by atoms with Crippen LogP contribution in [0.15, 0.2) is 0 Å². The third-order valence-corrected chi connectivity index (χ3v) is 19.2. The lowest BCUT2D eigenvalue weighted by molar-refractivity contribution is -0.302. The van der Waals surface area contributed by atoms with Gasteiger partial charge < -0.3 is 40.3 Å². The van der Waals surface area contributed by atoms with Gasteiger partial charge in [0.2, 0.25) is 5.91 Å². The van der Waals surface area contributed by atoms with E-state index in [4.69, 9.17) is 9.47 Å². The molecule has 85 heavy (non-hydrogen) atoms. The molecule has 0 aliphatic carbocycles.